The Morgan fingerprint density at radius 1 is 1.28 bits per heavy atom. The predicted octanol–water partition coefficient (Wildman–Crippen LogP) is 1.43. The van der Waals surface area contributed by atoms with Crippen LogP contribution in [0.3, 0.4) is 0 Å². The van der Waals surface area contributed by atoms with E-state index in [0.717, 1.165) is 19.6 Å². The van der Waals surface area contributed by atoms with Crippen LogP contribution < -0.4 is 4.74 Å². The summed E-state index contributed by atoms with van der Waals surface area (Å²) in [5.74, 6) is -0.691. The van der Waals surface area contributed by atoms with Gasteiger partial charge >= 0.3 is 5.97 Å². The number of benzene rings is 1. The average molecular weight is 348 g/mol. The normalized spacial score (nSPS) is 23.0. The molecule has 2 heterocycles. The van der Waals surface area contributed by atoms with Crippen molar-refractivity contribution in [3.8, 4) is 5.75 Å². The summed E-state index contributed by atoms with van der Waals surface area (Å²) in [7, 11) is 1.56. The molecule has 2 aliphatic heterocycles. The summed E-state index contributed by atoms with van der Waals surface area (Å²) in [6.07, 6.45) is 1.24. The highest BCUT2D eigenvalue weighted by Gasteiger charge is 2.53. The van der Waals surface area contributed by atoms with Gasteiger partial charge in [-0.25, -0.2) is 4.79 Å². The van der Waals surface area contributed by atoms with Crippen LogP contribution in [0.5, 0.6) is 5.75 Å². The first-order valence-electron chi connectivity index (χ1n) is 8.57. The lowest BCUT2D eigenvalue weighted by Crippen LogP contribution is -2.58. The first kappa shape index (κ1) is 17.7. The molecule has 0 aromatic heterocycles. The molecule has 1 atom stereocenters. The van der Waals surface area contributed by atoms with Crippen molar-refractivity contribution in [2.24, 2.45) is 0 Å². The number of aliphatic carboxylic acids is 1. The molecule has 0 radical (unpaired) electrons. The number of carbonyl (C=O) groups excluding carboxylic acids is 1. The minimum absolute atomic E-state index is 0.0311. The van der Waals surface area contributed by atoms with Crippen LogP contribution in [0.4, 0.5) is 0 Å². The molecule has 25 heavy (non-hydrogen) atoms. The van der Waals surface area contributed by atoms with Gasteiger partial charge in [0.25, 0.3) is 5.91 Å². The number of amides is 1. The van der Waals surface area contributed by atoms with Crippen molar-refractivity contribution in [1.82, 2.24) is 9.80 Å². The van der Waals surface area contributed by atoms with Gasteiger partial charge in [-0.3, -0.25) is 9.69 Å². The molecule has 1 amide bonds. The molecule has 1 aromatic rings. The summed E-state index contributed by atoms with van der Waals surface area (Å²) in [6.45, 7) is 4.63. The molecule has 2 saturated heterocycles. The fourth-order valence-electron chi connectivity index (χ4n) is 3.65. The van der Waals surface area contributed by atoms with Crippen LogP contribution in [0, 0.1) is 0 Å². The highest BCUT2D eigenvalue weighted by atomic mass is 16.5. The van der Waals surface area contributed by atoms with E-state index in [2.05, 4.69) is 11.8 Å². The largest absolute Gasteiger partial charge is 0.497 e. The molecule has 0 saturated carbocycles. The van der Waals surface area contributed by atoms with Gasteiger partial charge in [0.15, 0.2) is 6.04 Å². The molecule has 1 N–H and O–H groups in total. The molecular formula is C18H24N2O5. The minimum Gasteiger partial charge on any atom is -0.497 e. The van der Waals surface area contributed by atoms with E-state index in [9.17, 15) is 14.7 Å². The van der Waals surface area contributed by atoms with E-state index in [-0.39, 0.29) is 12.5 Å². The highest BCUT2D eigenvalue weighted by molar-refractivity contribution is 5.97. The molecule has 2 fully saturated rings. The SMILES string of the molecule is CCN1CCC2(CC1)OCC(C(=O)O)N2C(=O)c1ccc(OC)cc1. The number of nitrogens with zero attached hydrogens (tertiary/aromatic N) is 2. The third-order valence-corrected chi connectivity index (χ3v) is 5.19. The molecular weight excluding hydrogens is 324 g/mol. The number of piperidine rings is 1. The monoisotopic (exact) mass is 348 g/mol. The van der Waals surface area contributed by atoms with Gasteiger partial charge in [0.2, 0.25) is 0 Å². The van der Waals surface area contributed by atoms with E-state index in [1.807, 2.05) is 0 Å². The second-order valence-corrected chi connectivity index (χ2v) is 6.45. The van der Waals surface area contributed by atoms with Crippen LogP contribution in [0.1, 0.15) is 30.1 Å². The van der Waals surface area contributed by atoms with Gasteiger partial charge in [-0.15, -0.1) is 0 Å². The molecule has 3 rings (SSSR count). The number of ether oxygens (including phenoxy) is 2. The first-order valence-corrected chi connectivity index (χ1v) is 8.57. The number of hydrogen-bond donors (Lipinski definition) is 1. The number of carboxylic acid groups (broad SMARTS) is 1. The van der Waals surface area contributed by atoms with Crippen molar-refractivity contribution in [3.63, 3.8) is 0 Å². The second kappa shape index (κ2) is 7.01. The van der Waals surface area contributed by atoms with Gasteiger partial charge in [0.05, 0.1) is 13.7 Å². The predicted molar refractivity (Wildman–Crippen MR) is 90.6 cm³/mol. The topological polar surface area (TPSA) is 79.3 Å². The fraction of sp³-hybridized carbons (Fsp3) is 0.556. The number of carboxylic acids is 1. The summed E-state index contributed by atoms with van der Waals surface area (Å²) in [6, 6.07) is 5.77. The van der Waals surface area contributed by atoms with Gasteiger partial charge < -0.3 is 19.5 Å². The van der Waals surface area contributed by atoms with Crippen LogP contribution in [0.2, 0.25) is 0 Å². The number of hydrogen-bond acceptors (Lipinski definition) is 5. The lowest BCUT2D eigenvalue weighted by Gasteiger charge is -2.44. The van der Waals surface area contributed by atoms with Crippen molar-refractivity contribution in [3.05, 3.63) is 29.8 Å². The van der Waals surface area contributed by atoms with Crippen LogP contribution >= 0.6 is 0 Å². The molecule has 0 aliphatic carbocycles. The van der Waals surface area contributed by atoms with Gasteiger partial charge in [-0.1, -0.05) is 6.92 Å². The maximum absolute atomic E-state index is 13.1. The molecule has 136 valence electrons. The molecule has 1 aromatic carbocycles. The zero-order valence-electron chi connectivity index (χ0n) is 14.6. The minimum atomic E-state index is -1.03. The third kappa shape index (κ3) is 3.21. The zero-order valence-corrected chi connectivity index (χ0v) is 14.6. The standard InChI is InChI=1S/C18H24N2O5/c1-3-19-10-8-18(9-11-19)20(15(12-25-18)17(22)23)16(21)13-4-6-14(24-2)7-5-13/h4-7,15H,3,8-12H2,1-2H3,(H,22,23). The lowest BCUT2D eigenvalue weighted by molar-refractivity contribution is -0.143. The Hall–Kier alpha value is -2.12. The van der Waals surface area contributed by atoms with Crippen molar-refractivity contribution >= 4 is 11.9 Å². The van der Waals surface area contributed by atoms with Crippen molar-refractivity contribution < 1.29 is 24.2 Å². The Kier molecular flexibility index (Phi) is 4.96. The Labute approximate surface area is 147 Å². The number of methoxy groups -OCH3 is 1. The van der Waals surface area contributed by atoms with E-state index < -0.39 is 17.7 Å². The maximum Gasteiger partial charge on any atom is 0.328 e. The average Bonchev–Trinajstić information content (AvgIpc) is 3.01. The van der Waals surface area contributed by atoms with Crippen LogP contribution in [0.25, 0.3) is 0 Å². The lowest BCUT2D eigenvalue weighted by atomic mass is 9.96. The molecule has 0 bridgehead atoms. The Morgan fingerprint density at radius 3 is 2.44 bits per heavy atom. The number of rotatable bonds is 4. The second-order valence-electron chi connectivity index (χ2n) is 6.45. The summed E-state index contributed by atoms with van der Waals surface area (Å²) in [5, 5.41) is 9.57. The van der Waals surface area contributed by atoms with E-state index >= 15 is 0 Å². The quantitative estimate of drug-likeness (QED) is 0.887. The summed E-state index contributed by atoms with van der Waals surface area (Å²) in [4.78, 5) is 28.5. The van der Waals surface area contributed by atoms with Gasteiger partial charge in [-0.2, -0.15) is 0 Å². The highest BCUT2D eigenvalue weighted by Crippen LogP contribution is 2.38. The van der Waals surface area contributed by atoms with Crippen molar-refractivity contribution in [1.29, 1.82) is 0 Å². The van der Waals surface area contributed by atoms with Crippen LogP contribution in [-0.2, 0) is 9.53 Å². The third-order valence-electron chi connectivity index (χ3n) is 5.19. The maximum atomic E-state index is 13.1. The summed E-state index contributed by atoms with van der Waals surface area (Å²) < 4.78 is 11.0. The molecule has 2 aliphatic rings. The van der Waals surface area contributed by atoms with Crippen LogP contribution in [-0.4, -0.2) is 71.9 Å². The first-order chi connectivity index (χ1) is 12.0. The summed E-state index contributed by atoms with van der Waals surface area (Å²) >= 11 is 0. The summed E-state index contributed by atoms with van der Waals surface area (Å²) in [5.41, 5.74) is -0.388. The van der Waals surface area contributed by atoms with Gasteiger partial charge in [0, 0.05) is 31.5 Å². The van der Waals surface area contributed by atoms with Gasteiger partial charge in [0.1, 0.15) is 11.5 Å². The molecule has 7 nitrogen and oxygen atoms in total. The van der Waals surface area contributed by atoms with E-state index in [4.69, 9.17) is 9.47 Å². The van der Waals surface area contributed by atoms with Crippen molar-refractivity contribution in [2.45, 2.75) is 31.5 Å². The molecule has 1 unspecified atom stereocenters. The Bertz CT molecular complexity index is 637. The van der Waals surface area contributed by atoms with Crippen molar-refractivity contribution in [2.75, 3.05) is 33.4 Å². The van der Waals surface area contributed by atoms with Crippen LogP contribution in [0.15, 0.2) is 24.3 Å². The van der Waals surface area contributed by atoms with E-state index in [0.29, 0.717) is 24.2 Å². The zero-order chi connectivity index (χ0) is 18.0. The molecule has 1 spiro atoms. The van der Waals surface area contributed by atoms with Gasteiger partial charge in [-0.05, 0) is 30.8 Å². The number of carbonyl (C=O) groups is 2. The smallest absolute Gasteiger partial charge is 0.328 e. The Morgan fingerprint density at radius 2 is 1.92 bits per heavy atom. The van der Waals surface area contributed by atoms with E-state index in [1.54, 1.807) is 31.4 Å². The Balaban J connectivity index is 1.89. The number of likely N-dealkylation sites (tertiary alicyclic amines) is 1. The molecule has 7 heteroatoms. The fourth-order valence-corrected chi connectivity index (χ4v) is 3.65. The van der Waals surface area contributed by atoms with E-state index in [1.165, 1.54) is 4.90 Å².